The fourth-order valence-corrected chi connectivity index (χ4v) is 4.39. The van der Waals surface area contributed by atoms with Crippen molar-refractivity contribution in [2.24, 2.45) is 0 Å². The number of nitrogens with zero attached hydrogens (tertiary/aromatic N) is 1. The Hall–Kier alpha value is -2.33. The maximum Gasteiger partial charge on any atom is 0.416 e. The van der Waals surface area contributed by atoms with Crippen LogP contribution in [-0.4, -0.2) is 20.0 Å². The van der Waals surface area contributed by atoms with Crippen molar-refractivity contribution in [1.29, 1.82) is 0 Å². The predicted octanol–water partition coefficient (Wildman–Crippen LogP) is 4.51. The van der Waals surface area contributed by atoms with Crippen LogP contribution in [0.1, 0.15) is 12.5 Å². The van der Waals surface area contributed by atoms with Gasteiger partial charge in [-0.3, -0.25) is 4.72 Å². The third-order valence-corrected chi connectivity index (χ3v) is 5.76. The van der Waals surface area contributed by atoms with Crippen molar-refractivity contribution in [3.05, 3.63) is 48.0 Å². The number of benzene rings is 2. The molecule has 3 aromatic rings. The van der Waals surface area contributed by atoms with E-state index in [0.717, 1.165) is 29.5 Å². The fourth-order valence-electron chi connectivity index (χ4n) is 2.22. The normalized spacial score (nSPS) is 12.3. The van der Waals surface area contributed by atoms with Crippen LogP contribution in [0, 0.1) is 0 Å². The molecule has 0 bridgehead atoms. The van der Waals surface area contributed by atoms with Gasteiger partial charge in [-0.2, -0.15) is 13.2 Å². The maximum atomic E-state index is 12.8. The Kier molecular flexibility index (Phi) is 4.80. The zero-order valence-electron chi connectivity index (χ0n) is 13.4. The second-order valence-corrected chi connectivity index (χ2v) is 7.93. The first-order valence-electron chi connectivity index (χ1n) is 7.42. The number of thiazole rings is 1. The van der Waals surface area contributed by atoms with Crippen molar-refractivity contribution in [2.75, 3.05) is 11.3 Å². The first-order chi connectivity index (χ1) is 12.2. The van der Waals surface area contributed by atoms with Crippen molar-refractivity contribution < 1.29 is 26.3 Å². The number of rotatable bonds is 5. The van der Waals surface area contributed by atoms with Gasteiger partial charge in [-0.15, -0.1) is 0 Å². The molecular weight excluding hydrogens is 389 g/mol. The van der Waals surface area contributed by atoms with Crippen LogP contribution < -0.4 is 9.46 Å². The molecule has 0 atom stereocenters. The number of hydrogen-bond acceptors (Lipinski definition) is 5. The number of halogens is 3. The largest absolute Gasteiger partial charge is 0.494 e. The van der Waals surface area contributed by atoms with E-state index in [1.165, 1.54) is 0 Å². The molecule has 0 saturated carbocycles. The standard InChI is InChI=1S/C16H13F3N2O3S2/c1-2-24-11-6-7-13-14(9-11)25-15(20-13)21-26(22,23)12-5-3-4-10(8-12)16(17,18)19/h3-9H,2H2,1H3,(H,20,21). The lowest BCUT2D eigenvalue weighted by molar-refractivity contribution is -0.137. The fraction of sp³-hybridized carbons (Fsp3) is 0.188. The van der Waals surface area contributed by atoms with Crippen LogP contribution >= 0.6 is 11.3 Å². The van der Waals surface area contributed by atoms with Gasteiger partial charge in [0, 0.05) is 0 Å². The van der Waals surface area contributed by atoms with E-state index in [9.17, 15) is 21.6 Å². The summed E-state index contributed by atoms with van der Waals surface area (Å²) in [5.41, 5.74) is -0.480. The molecule has 10 heteroatoms. The van der Waals surface area contributed by atoms with E-state index in [2.05, 4.69) is 9.71 Å². The number of anilines is 1. The van der Waals surface area contributed by atoms with Crippen LogP contribution in [0.15, 0.2) is 47.4 Å². The number of aromatic nitrogens is 1. The van der Waals surface area contributed by atoms with E-state index >= 15 is 0 Å². The van der Waals surface area contributed by atoms with Crippen LogP contribution in [0.5, 0.6) is 5.75 Å². The van der Waals surface area contributed by atoms with Crippen LogP contribution in [0.2, 0.25) is 0 Å². The van der Waals surface area contributed by atoms with Gasteiger partial charge in [-0.1, -0.05) is 17.4 Å². The van der Waals surface area contributed by atoms with Gasteiger partial charge < -0.3 is 4.74 Å². The summed E-state index contributed by atoms with van der Waals surface area (Å²) in [6.07, 6.45) is -4.63. The smallest absolute Gasteiger partial charge is 0.416 e. The molecule has 0 fully saturated rings. The van der Waals surface area contributed by atoms with E-state index in [0.29, 0.717) is 28.6 Å². The minimum Gasteiger partial charge on any atom is -0.494 e. The van der Waals surface area contributed by atoms with Gasteiger partial charge in [0.05, 0.1) is 27.3 Å². The Bertz CT molecular complexity index is 1050. The average molecular weight is 402 g/mol. The number of hydrogen-bond donors (Lipinski definition) is 1. The molecule has 2 aromatic carbocycles. The molecule has 3 rings (SSSR count). The van der Waals surface area contributed by atoms with E-state index in [1.54, 1.807) is 18.2 Å². The summed E-state index contributed by atoms with van der Waals surface area (Å²) in [4.78, 5) is 3.66. The second-order valence-electron chi connectivity index (χ2n) is 5.21. The van der Waals surface area contributed by atoms with Gasteiger partial charge in [0.2, 0.25) is 0 Å². The number of alkyl halides is 3. The Morgan fingerprint density at radius 1 is 1.19 bits per heavy atom. The summed E-state index contributed by atoms with van der Waals surface area (Å²) in [7, 11) is -4.20. The topological polar surface area (TPSA) is 68.3 Å². The lowest BCUT2D eigenvalue weighted by Crippen LogP contribution is -2.14. The molecule has 0 aliphatic rings. The van der Waals surface area contributed by atoms with Gasteiger partial charge >= 0.3 is 6.18 Å². The predicted molar refractivity (Wildman–Crippen MR) is 93.0 cm³/mol. The van der Waals surface area contributed by atoms with Crippen LogP contribution in [0.4, 0.5) is 18.3 Å². The van der Waals surface area contributed by atoms with Crippen LogP contribution in [-0.2, 0) is 16.2 Å². The van der Waals surface area contributed by atoms with Crippen LogP contribution in [0.25, 0.3) is 10.2 Å². The van der Waals surface area contributed by atoms with Gasteiger partial charge in [-0.25, -0.2) is 13.4 Å². The van der Waals surface area contributed by atoms with E-state index in [-0.39, 0.29) is 5.13 Å². The molecule has 0 amide bonds. The van der Waals surface area contributed by atoms with E-state index in [4.69, 9.17) is 4.74 Å². The van der Waals surface area contributed by atoms with Gasteiger partial charge in [0.1, 0.15) is 5.75 Å². The van der Waals surface area contributed by atoms with Gasteiger partial charge in [-0.05, 0) is 43.3 Å². The molecule has 26 heavy (non-hydrogen) atoms. The highest BCUT2D eigenvalue weighted by Crippen LogP contribution is 2.33. The molecule has 0 saturated heterocycles. The molecule has 1 N–H and O–H groups in total. The Labute approximate surface area is 151 Å². The molecule has 0 unspecified atom stereocenters. The molecule has 1 heterocycles. The summed E-state index contributed by atoms with van der Waals surface area (Å²) in [6, 6.07) is 8.64. The highest BCUT2D eigenvalue weighted by molar-refractivity contribution is 7.93. The lowest BCUT2D eigenvalue weighted by atomic mass is 10.2. The quantitative estimate of drug-likeness (QED) is 0.682. The summed E-state index contributed by atoms with van der Waals surface area (Å²) >= 11 is 1.06. The molecule has 0 aliphatic carbocycles. The zero-order valence-corrected chi connectivity index (χ0v) is 15.0. The number of sulfonamides is 1. The Morgan fingerprint density at radius 2 is 1.96 bits per heavy atom. The average Bonchev–Trinajstić information content (AvgIpc) is 2.95. The summed E-state index contributed by atoms with van der Waals surface area (Å²) in [6.45, 7) is 2.32. The second kappa shape index (κ2) is 6.76. The summed E-state index contributed by atoms with van der Waals surface area (Å²) in [5, 5.41) is 0.0612. The van der Waals surface area contributed by atoms with Crippen molar-refractivity contribution in [3.8, 4) is 5.75 Å². The van der Waals surface area contributed by atoms with E-state index < -0.39 is 26.7 Å². The molecule has 0 radical (unpaired) electrons. The van der Waals surface area contributed by atoms with Crippen molar-refractivity contribution in [1.82, 2.24) is 4.98 Å². The van der Waals surface area contributed by atoms with Crippen molar-refractivity contribution in [3.63, 3.8) is 0 Å². The monoisotopic (exact) mass is 402 g/mol. The zero-order chi connectivity index (χ0) is 18.9. The highest BCUT2D eigenvalue weighted by atomic mass is 32.2. The molecule has 138 valence electrons. The van der Waals surface area contributed by atoms with E-state index in [1.807, 2.05) is 6.92 Å². The molecule has 0 aliphatic heterocycles. The van der Waals surface area contributed by atoms with Crippen molar-refractivity contribution >= 4 is 36.7 Å². The van der Waals surface area contributed by atoms with Gasteiger partial charge in [0.15, 0.2) is 5.13 Å². The minimum atomic E-state index is -4.63. The van der Waals surface area contributed by atoms with Gasteiger partial charge in [0.25, 0.3) is 10.0 Å². The molecule has 1 aromatic heterocycles. The summed E-state index contributed by atoms with van der Waals surface area (Å²) < 4.78 is 71.4. The third kappa shape index (κ3) is 3.91. The van der Waals surface area contributed by atoms with Crippen molar-refractivity contribution in [2.45, 2.75) is 18.0 Å². The first kappa shape index (κ1) is 18.5. The van der Waals surface area contributed by atoms with Crippen LogP contribution in [0.3, 0.4) is 0 Å². The minimum absolute atomic E-state index is 0.0612. The molecule has 0 spiro atoms. The molecule has 5 nitrogen and oxygen atoms in total. The number of fused-ring (bicyclic) bond motifs is 1. The third-order valence-electron chi connectivity index (χ3n) is 3.36. The lowest BCUT2D eigenvalue weighted by Gasteiger charge is -2.09. The highest BCUT2D eigenvalue weighted by Gasteiger charge is 2.31. The summed E-state index contributed by atoms with van der Waals surface area (Å²) in [5.74, 6) is 0.621. The first-order valence-corrected chi connectivity index (χ1v) is 9.72. The Morgan fingerprint density at radius 3 is 2.65 bits per heavy atom. The Balaban J connectivity index is 1.91. The SMILES string of the molecule is CCOc1ccc2nc(NS(=O)(=O)c3cccc(C(F)(F)F)c3)sc2c1. The number of nitrogens with one attached hydrogen (secondary N) is 1. The maximum absolute atomic E-state index is 12.8. The number of ether oxygens (including phenoxy) is 1. The molecular formula is C16H13F3N2O3S2.